The highest BCUT2D eigenvalue weighted by atomic mass is 32.2. The number of para-hydroxylation sites is 1. The maximum Gasteiger partial charge on any atom is 0.258 e. The van der Waals surface area contributed by atoms with Crippen molar-refractivity contribution in [3.63, 3.8) is 0 Å². The summed E-state index contributed by atoms with van der Waals surface area (Å²) in [5.41, 5.74) is 2.65. The van der Waals surface area contributed by atoms with Crippen LogP contribution in [0, 0.1) is 0 Å². The Labute approximate surface area is 178 Å². The number of thioether (sulfide) groups is 1. The van der Waals surface area contributed by atoms with E-state index in [4.69, 9.17) is 0 Å². The summed E-state index contributed by atoms with van der Waals surface area (Å²) in [6.45, 7) is 3.33. The number of ketones is 1. The van der Waals surface area contributed by atoms with Gasteiger partial charge in [0.25, 0.3) is 5.91 Å². The maximum absolute atomic E-state index is 13.5. The van der Waals surface area contributed by atoms with Crippen LogP contribution in [-0.4, -0.2) is 39.0 Å². The SMILES string of the molecule is CC(=O)C1=C(C)N=C2SC3C(=O)N(c4ccccc4)C(=O)C3N2C1c1ccccc1. The van der Waals surface area contributed by atoms with E-state index in [-0.39, 0.29) is 17.6 Å². The van der Waals surface area contributed by atoms with Crippen LogP contribution in [-0.2, 0) is 14.4 Å². The van der Waals surface area contributed by atoms with E-state index in [1.54, 1.807) is 24.3 Å². The Kier molecular flexibility index (Phi) is 4.36. The molecule has 3 heterocycles. The van der Waals surface area contributed by atoms with Crippen molar-refractivity contribution in [1.29, 1.82) is 0 Å². The molecule has 0 aromatic heterocycles. The summed E-state index contributed by atoms with van der Waals surface area (Å²) >= 11 is 1.31. The van der Waals surface area contributed by atoms with E-state index in [0.717, 1.165) is 5.56 Å². The van der Waals surface area contributed by atoms with E-state index >= 15 is 0 Å². The lowest BCUT2D eigenvalue weighted by Crippen LogP contribution is -2.47. The van der Waals surface area contributed by atoms with Gasteiger partial charge in [-0.1, -0.05) is 60.3 Å². The summed E-state index contributed by atoms with van der Waals surface area (Å²) in [5.74, 6) is -0.612. The third kappa shape index (κ3) is 2.65. The first-order valence-electron chi connectivity index (χ1n) is 9.72. The zero-order valence-corrected chi connectivity index (χ0v) is 17.3. The fourth-order valence-electron chi connectivity index (χ4n) is 4.44. The lowest BCUT2D eigenvalue weighted by molar-refractivity contribution is -0.123. The summed E-state index contributed by atoms with van der Waals surface area (Å²) in [6, 6.07) is 17.4. The third-order valence-corrected chi connectivity index (χ3v) is 6.92. The van der Waals surface area contributed by atoms with Crippen LogP contribution in [0.15, 0.2) is 76.9 Å². The van der Waals surface area contributed by atoms with E-state index in [0.29, 0.717) is 22.1 Å². The highest BCUT2D eigenvalue weighted by Gasteiger charge is 2.60. The van der Waals surface area contributed by atoms with Gasteiger partial charge in [-0.05, 0) is 31.5 Å². The first kappa shape index (κ1) is 18.8. The van der Waals surface area contributed by atoms with Gasteiger partial charge in [-0.25, -0.2) is 9.89 Å². The maximum atomic E-state index is 13.5. The molecule has 6 nitrogen and oxygen atoms in total. The highest BCUT2D eigenvalue weighted by molar-refractivity contribution is 8.15. The lowest BCUT2D eigenvalue weighted by Gasteiger charge is -2.37. The van der Waals surface area contributed by atoms with Gasteiger partial charge in [0.05, 0.1) is 11.7 Å². The van der Waals surface area contributed by atoms with E-state index in [2.05, 4.69) is 4.99 Å². The van der Waals surface area contributed by atoms with E-state index < -0.39 is 17.3 Å². The number of hydrogen-bond acceptors (Lipinski definition) is 6. The van der Waals surface area contributed by atoms with Gasteiger partial charge < -0.3 is 4.90 Å². The average molecular weight is 417 g/mol. The number of fused-ring (bicyclic) bond motifs is 3. The molecule has 3 atom stereocenters. The van der Waals surface area contributed by atoms with Gasteiger partial charge in [0.15, 0.2) is 11.0 Å². The monoisotopic (exact) mass is 417 g/mol. The molecule has 2 saturated heterocycles. The highest BCUT2D eigenvalue weighted by Crippen LogP contribution is 2.49. The molecule has 0 radical (unpaired) electrons. The molecule has 0 N–H and O–H groups in total. The number of aliphatic imine (C=N–C) groups is 1. The van der Waals surface area contributed by atoms with Crippen LogP contribution in [0.25, 0.3) is 0 Å². The van der Waals surface area contributed by atoms with E-state index in [1.165, 1.54) is 23.6 Å². The Hall–Kier alpha value is -3.19. The average Bonchev–Trinajstić information content (AvgIpc) is 3.23. The Morgan fingerprint density at radius 3 is 2.23 bits per heavy atom. The normalized spacial score (nSPS) is 25.4. The number of anilines is 1. The van der Waals surface area contributed by atoms with Crippen LogP contribution in [0.5, 0.6) is 0 Å². The fraction of sp³-hybridized carbons (Fsp3) is 0.217. The zero-order valence-electron chi connectivity index (χ0n) is 16.5. The molecule has 7 heteroatoms. The molecule has 0 aliphatic carbocycles. The molecule has 2 fully saturated rings. The number of nitrogens with zero attached hydrogens (tertiary/aromatic N) is 3. The van der Waals surface area contributed by atoms with Gasteiger partial charge in [-0.3, -0.25) is 14.4 Å². The molecule has 0 saturated carbocycles. The molecule has 150 valence electrons. The molecule has 30 heavy (non-hydrogen) atoms. The quantitative estimate of drug-likeness (QED) is 0.717. The summed E-state index contributed by atoms with van der Waals surface area (Å²) in [4.78, 5) is 47.0. The predicted octanol–water partition coefficient (Wildman–Crippen LogP) is 3.32. The van der Waals surface area contributed by atoms with Crippen molar-refractivity contribution in [2.45, 2.75) is 31.2 Å². The molecule has 0 spiro atoms. The molecule has 0 bridgehead atoms. The smallest absolute Gasteiger partial charge is 0.258 e. The fourth-order valence-corrected chi connectivity index (χ4v) is 5.78. The van der Waals surface area contributed by atoms with Crippen LogP contribution < -0.4 is 4.90 Å². The third-order valence-electron chi connectivity index (χ3n) is 5.69. The number of imide groups is 1. The van der Waals surface area contributed by atoms with Crippen LogP contribution in [0.4, 0.5) is 5.69 Å². The molecule has 3 aliphatic heterocycles. The predicted molar refractivity (Wildman–Crippen MR) is 116 cm³/mol. The van der Waals surface area contributed by atoms with Crippen molar-refractivity contribution in [3.05, 3.63) is 77.5 Å². The number of Topliss-reactive ketones (excluding diaryl/α,β-unsaturated/α-hetero) is 1. The number of carbonyl (C=O) groups is 3. The number of amidine groups is 1. The standard InChI is InChI=1S/C23H19N3O3S/c1-13-17(14(2)27)18(15-9-5-3-6-10-15)26-19-20(30-23(26)24-13)22(29)25(21(19)28)16-11-7-4-8-12-16/h3-12,18-20H,1-2H3. The zero-order chi connectivity index (χ0) is 21.0. The number of carbonyl (C=O) groups excluding carboxylic acids is 3. The van der Waals surface area contributed by atoms with Crippen molar-refractivity contribution in [1.82, 2.24) is 4.90 Å². The van der Waals surface area contributed by atoms with Crippen molar-refractivity contribution >= 4 is 40.2 Å². The first-order chi connectivity index (χ1) is 14.5. The minimum absolute atomic E-state index is 0.0886. The Balaban J connectivity index is 1.63. The van der Waals surface area contributed by atoms with Gasteiger partial charge in [-0.2, -0.15) is 0 Å². The minimum atomic E-state index is -0.700. The van der Waals surface area contributed by atoms with Gasteiger partial charge in [0.1, 0.15) is 11.3 Å². The second-order valence-corrected chi connectivity index (χ2v) is 8.61. The van der Waals surface area contributed by atoms with Gasteiger partial charge in [0, 0.05) is 11.3 Å². The Morgan fingerprint density at radius 2 is 1.60 bits per heavy atom. The molecule has 2 aromatic rings. The largest absolute Gasteiger partial charge is 0.326 e. The van der Waals surface area contributed by atoms with Crippen LogP contribution in [0.3, 0.4) is 0 Å². The number of allylic oxidation sites excluding steroid dienone is 1. The summed E-state index contributed by atoms with van der Waals surface area (Å²) < 4.78 is 0. The van der Waals surface area contributed by atoms with Gasteiger partial charge in [-0.15, -0.1) is 0 Å². The molecule has 2 aromatic carbocycles. The molecule has 3 unspecified atom stereocenters. The molecule has 5 rings (SSSR count). The Bertz CT molecular complexity index is 1130. The van der Waals surface area contributed by atoms with Crippen molar-refractivity contribution < 1.29 is 14.4 Å². The molecule has 3 aliphatic rings. The molecular weight excluding hydrogens is 398 g/mol. The second-order valence-electron chi connectivity index (χ2n) is 7.50. The minimum Gasteiger partial charge on any atom is -0.326 e. The van der Waals surface area contributed by atoms with Crippen molar-refractivity contribution in [2.75, 3.05) is 4.90 Å². The van der Waals surface area contributed by atoms with Crippen LogP contribution in [0.2, 0.25) is 0 Å². The number of amides is 2. The first-order valence-corrected chi connectivity index (χ1v) is 10.6. The lowest BCUT2D eigenvalue weighted by atomic mass is 9.91. The second kappa shape index (κ2) is 6.95. The topological polar surface area (TPSA) is 70.0 Å². The summed E-state index contributed by atoms with van der Waals surface area (Å²) in [5, 5.41) is 0.0394. The number of rotatable bonds is 3. The molecular formula is C23H19N3O3S. The van der Waals surface area contributed by atoms with Crippen LogP contribution >= 0.6 is 11.8 Å². The van der Waals surface area contributed by atoms with Crippen LogP contribution in [0.1, 0.15) is 25.5 Å². The van der Waals surface area contributed by atoms with Crippen molar-refractivity contribution in [2.24, 2.45) is 4.99 Å². The van der Waals surface area contributed by atoms with Crippen molar-refractivity contribution in [3.8, 4) is 0 Å². The van der Waals surface area contributed by atoms with Gasteiger partial charge >= 0.3 is 0 Å². The summed E-state index contributed by atoms with van der Waals surface area (Å²) in [6.07, 6.45) is 0. The van der Waals surface area contributed by atoms with E-state index in [9.17, 15) is 14.4 Å². The number of hydrogen-bond donors (Lipinski definition) is 0. The Morgan fingerprint density at radius 1 is 0.967 bits per heavy atom. The van der Waals surface area contributed by atoms with Gasteiger partial charge in [0.2, 0.25) is 5.91 Å². The van der Waals surface area contributed by atoms with E-state index in [1.807, 2.05) is 48.2 Å². The number of benzene rings is 2. The summed E-state index contributed by atoms with van der Waals surface area (Å²) in [7, 11) is 0. The molecule has 2 amide bonds.